The van der Waals surface area contributed by atoms with Crippen LogP contribution in [0.2, 0.25) is 0 Å². The fourth-order valence-electron chi connectivity index (χ4n) is 4.26. The van der Waals surface area contributed by atoms with Gasteiger partial charge in [0, 0.05) is 49.1 Å². The van der Waals surface area contributed by atoms with Crippen LogP contribution in [0.5, 0.6) is 0 Å². The highest BCUT2D eigenvalue weighted by atomic mass is 19.4. The van der Waals surface area contributed by atoms with Crippen LogP contribution in [0.15, 0.2) is 66.9 Å². The standard InChI is InChI=1S/C26H21F4N5O2/c1-34-10-9-21(33-34)17-11-23(19(27)12-18(17)26(28,29)30)31-22-8-7-20(16-13-35(14-16)25(36)37)32-24(22)15-5-3-2-4-6-15/h2-12,16,31H,13-14H2,1H3,(H,36,37). The van der Waals surface area contributed by atoms with E-state index in [-0.39, 0.29) is 22.9 Å². The minimum atomic E-state index is -4.78. The molecule has 0 bridgehead atoms. The fourth-order valence-corrected chi connectivity index (χ4v) is 4.26. The van der Waals surface area contributed by atoms with Crippen LogP contribution >= 0.6 is 0 Å². The summed E-state index contributed by atoms with van der Waals surface area (Å²) < 4.78 is 57.6. The Morgan fingerprint density at radius 1 is 1.05 bits per heavy atom. The zero-order chi connectivity index (χ0) is 26.3. The zero-order valence-corrected chi connectivity index (χ0v) is 19.5. The number of hydrogen-bond acceptors (Lipinski definition) is 4. The normalized spacial score (nSPS) is 13.9. The van der Waals surface area contributed by atoms with Crippen molar-refractivity contribution in [2.75, 3.05) is 18.4 Å². The lowest BCUT2D eigenvalue weighted by Crippen LogP contribution is -2.48. The molecular formula is C26H21F4N5O2. The first kappa shape index (κ1) is 24.3. The van der Waals surface area contributed by atoms with Crippen molar-refractivity contribution in [3.63, 3.8) is 0 Å². The van der Waals surface area contributed by atoms with E-state index in [4.69, 9.17) is 10.1 Å². The molecule has 190 valence electrons. The molecule has 2 aromatic heterocycles. The third kappa shape index (κ3) is 4.84. The first-order valence-electron chi connectivity index (χ1n) is 11.3. The number of alkyl halides is 3. The highest BCUT2D eigenvalue weighted by Gasteiger charge is 2.36. The van der Waals surface area contributed by atoms with Crippen LogP contribution in [0.3, 0.4) is 0 Å². The van der Waals surface area contributed by atoms with Crippen LogP contribution in [0.1, 0.15) is 17.2 Å². The van der Waals surface area contributed by atoms with Crippen molar-refractivity contribution in [3.8, 4) is 22.5 Å². The number of halogens is 4. The summed E-state index contributed by atoms with van der Waals surface area (Å²) in [4.78, 5) is 17.1. The van der Waals surface area contributed by atoms with E-state index in [0.717, 1.165) is 6.07 Å². The average molecular weight is 511 g/mol. The van der Waals surface area contributed by atoms with E-state index in [9.17, 15) is 18.0 Å². The molecule has 1 saturated heterocycles. The molecule has 1 aliphatic rings. The molecule has 2 N–H and O–H groups in total. The maximum Gasteiger partial charge on any atom is 0.417 e. The van der Waals surface area contributed by atoms with Crippen molar-refractivity contribution in [1.29, 1.82) is 0 Å². The molecule has 1 aliphatic heterocycles. The summed E-state index contributed by atoms with van der Waals surface area (Å²) >= 11 is 0. The lowest BCUT2D eigenvalue weighted by Gasteiger charge is -2.36. The molecule has 1 amide bonds. The van der Waals surface area contributed by atoms with Crippen LogP contribution in [0.4, 0.5) is 33.7 Å². The molecule has 1 fully saturated rings. The SMILES string of the molecule is Cn1ccc(-c2cc(Nc3ccc(C4CN(C(=O)O)C4)nc3-c3ccccc3)c(F)cc2C(F)(F)F)n1. The smallest absolute Gasteiger partial charge is 0.417 e. The van der Waals surface area contributed by atoms with E-state index in [2.05, 4.69) is 10.4 Å². The number of carboxylic acid groups (broad SMARTS) is 1. The quantitative estimate of drug-likeness (QED) is 0.315. The van der Waals surface area contributed by atoms with Gasteiger partial charge in [0.05, 0.1) is 28.3 Å². The van der Waals surface area contributed by atoms with Gasteiger partial charge in [-0.2, -0.15) is 18.3 Å². The first-order chi connectivity index (χ1) is 17.6. The summed E-state index contributed by atoms with van der Waals surface area (Å²) in [5.74, 6) is -1.17. The van der Waals surface area contributed by atoms with Gasteiger partial charge in [0.15, 0.2) is 0 Å². The number of benzene rings is 2. The number of anilines is 2. The number of carbonyl (C=O) groups is 1. The monoisotopic (exact) mass is 511 g/mol. The van der Waals surface area contributed by atoms with Crippen LogP contribution in [-0.2, 0) is 13.2 Å². The summed E-state index contributed by atoms with van der Waals surface area (Å²) in [5.41, 5.74) is 0.733. The van der Waals surface area contributed by atoms with Gasteiger partial charge in [-0.25, -0.2) is 9.18 Å². The molecule has 11 heteroatoms. The molecule has 3 heterocycles. The minimum absolute atomic E-state index is 0.0580. The second-order valence-corrected chi connectivity index (χ2v) is 8.76. The van der Waals surface area contributed by atoms with Crippen molar-refractivity contribution in [3.05, 3.63) is 83.9 Å². The average Bonchev–Trinajstić information content (AvgIpc) is 3.25. The highest BCUT2D eigenvalue weighted by Crippen LogP contribution is 2.41. The Kier molecular flexibility index (Phi) is 6.06. The van der Waals surface area contributed by atoms with Gasteiger partial charge in [-0.3, -0.25) is 9.67 Å². The third-order valence-electron chi connectivity index (χ3n) is 6.21. The number of nitrogens with zero attached hydrogens (tertiary/aromatic N) is 4. The lowest BCUT2D eigenvalue weighted by atomic mass is 9.95. The lowest BCUT2D eigenvalue weighted by molar-refractivity contribution is -0.137. The second kappa shape index (κ2) is 9.23. The van der Waals surface area contributed by atoms with E-state index < -0.39 is 23.7 Å². The van der Waals surface area contributed by atoms with E-state index in [1.54, 1.807) is 31.3 Å². The Hall–Kier alpha value is -4.41. The van der Waals surface area contributed by atoms with Gasteiger partial charge in [0.1, 0.15) is 5.82 Å². The van der Waals surface area contributed by atoms with Crippen LogP contribution in [-0.4, -0.2) is 44.0 Å². The van der Waals surface area contributed by atoms with Crippen molar-refractivity contribution >= 4 is 17.5 Å². The third-order valence-corrected chi connectivity index (χ3v) is 6.21. The summed E-state index contributed by atoms with van der Waals surface area (Å²) in [7, 11) is 1.58. The highest BCUT2D eigenvalue weighted by molar-refractivity contribution is 5.80. The van der Waals surface area contributed by atoms with Crippen molar-refractivity contribution in [2.45, 2.75) is 12.1 Å². The van der Waals surface area contributed by atoms with Gasteiger partial charge in [-0.1, -0.05) is 30.3 Å². The van der Waals surface area contributed by atoms with Crippen LogP contribution < -0.4 is 5.32 Å². The van der Waals surface area contributed by atoms with Crippen LogP contribution in [0.25, 0.3) is 22.5 Å². The summed E-state index contributed by atoms with van der Waals surface area (Å²) in [5, 5.41) is 16.1. The zero-order valence-electron chi connectivity index (χ0n) is 19.5. The molecule has 2 aromatic carbocycles. The summed E-state index contributed by atoms with van der Waals surface area (Å²) in [6.07, 6.45) is -4.27. The van der Waals surface area contributed by atoms with Crippen LogP contribution in [0, 0.1) is 5.82 Å². The van der Waals surface area contributed by atoms with Gasteiger partial charge >= 0.3 is 12.3 Å². The largest absolute Gasteiger partial charge is 0.465 e. The second-order valence-electron chi connectivity index (χ2n) is 8.76. The van der Waals surface area contributed by atoms with Gasteiger partial charge in [0.25, 0.3) is 0 Å². The van der Waals surface area contributed by atoms with Gasteiger partial charge < -0.3 is 15.3 Å². The Bertz CT molecular complexity index is 1460. The molecule has 7 nitrogen and oxygen atoms in total. The molecule has 0 unspecified atom stereocenters. The topological polar surface area (TPSA) is 83.3 Å². The number of amides is 1. The molecule has 37 heavy (non-hydrogen) atoms. The van der Waals surface area contributed by atoms with Gasteiger partial charge in [-0.05, 0) is 30.3 Å². The number of aromatic nitrogens is 3. The maximum atomic E-state index is 15.0. The number of likely N-dealkylation sites (tertiary alicyclic amines) is 1. The number of rotatable bonds is 5. The Labute approximate surface area is 209 Å². The van der Waals surface area contributed by atoms with E-state index in [0.29, 0.717) is 41.8 Å². The van der Waals surface area contributed by atoms with Crippen molar-refractivity contribution in [1.82, 2.24) is 19.7 Å². The summed E-state index contributed by atoms with van der Waals surface area (Å²) in [6, 6.07) is 15.4. The maximum absolute atomic E-state index is 15.0. The molecule has 5 rings (SSSR count). The predicted octanol–water partition coefficient (Wildman–Crippen LogP) is 6.13. The van der Waals surface area contributed by atoms with Gasteiger partial charge in [0.2, 0.25) is 0 Å². The molecule has 0 atom stereocenters. The van der Waals surface area contributed by atoms with E-state index in [1.807, 2.05) is 18.2 Å². The minimum Gasteiger partial charge on any atom is -0.465 e. The Balaban J connectivity index is 1.56. The predicted molar refractivity (Wildman–Crippen MR) is 129 cm³/mol. The van der Waals surface area contributed by atoms with Gasteiger partial charge in [-0.15, -0.1) is 0 Å². The van der Waals surface area contributed by atoms with Crippen molar-refractivity contribution in [2.24, 2.45) is 7.05 Å². The molecular weight excluding hydrogens is 490 g/mol. The number of pyridine rings is 1. The number of nitrogens with one attached hydrogen (secondary N) is 1. The summed E-state index contributed by atoms with van der Waals surface area (Å²) in [6.45, 7) is 0.620. The molecule has 0 saturated carbocycles. The number of aryl methyl sites for hydroxylation is 1. The molecule has 0 spiro atoms. The fraction of sp³-hybridized carbons (Fsp3) is 0.192. The molecule has 0 radical (unpaired) electrons. The van der Waals surface area contributed by atoms with E-state index in [1.165, 1.54) is 21.8 Å². The molecule has 0 aliphatic carbocycles. The van der Waals surface area contributed by atoms with Crippen molar-refractivity contribution < 1.29 is 27.5 Å². The first-order valence-corrected chi connectivity index (χ1v) is 11.3. The Morgan fingerprint density at radius 3 is 2.41 bits per heavy atom. The Morgan fingerprint density at radius 2 is 1.78 bits per heavy atom. The van der Waals surface area contributed by atoms with E-state index >= 15 is 4.39 Å². The molecule has 4 aromatic rings. The number of hydrogen-bond donors (Lipinski definition) is 2.